The van der Waals surface area contributed by atoms with Crippen LogP contribution in [0, 0.1) is 0 Å². The Morgan fingerprint density at radius 1 is 1.03 bits per heavy atom. The summed E-state index contributed by atoms with van der Waals surface area (Å²) in [6.45, 7) is 5.59. The second kappa shape index (κ2) is 8.95. The zero-order valence-electron chi connectivity index (χ0n) is 16.9. The van der Waals surface area contributed by atoms with Gasteiger partial charge in [-0.2, -0.15) is 8.78 Å². The van der Waals surface area contributed by atoms with Gasteiger partial charge >= 0.3 is 6.55 Å². The molecule has 0 unspecified atom stereocenters. The SMILES string of the molecule is CC(C)c1cccc(C(C)C)c1NC(=O)CSc1nc2ccccc2n1C(F)F. The van der Waals surface area contributed by atoms with Gasteiger partial charge in [0, 0.05) is 5.69 Å². The number of benzene rings is 2. The van der Waals surface area contributed by atoms with Crippen molar-refractivity contribution in [1.29, 1.82) is 0 Å². The molecule has 0 aliphatic carbocycles. The van der Waals surface area contributed by atoms with Gasteiger partial charge in [0.2, 0.25) is 5.91 Å². The summed E-state index contributed by atoms with van der Waals surface area (Å²) in [6.07, 6.45) is 0. The Labute approximate surface area is 173 Å². The van der Waals surface area contributed by atoms with Crippen molar-refractivity contribution in [2.45, 2.75) is 51.2 Å². The predicted octanol–water partition coefficient (Wildman–Crippen LogP) is 6.41. The number of para-hydroxylation sites is 3. The Morgan fingerprint density at radius 3 is 2.24 bits per heavy atom. The fourth-order valence-electron chi connectivity index (χ4n) is 3.31. The Bertz CT molecular complexity index is 988. The van der Waals surface area contributed by atoms with Crippen molar-refractivity contribution in [3.63, 3.8) is 0 Å². The molecule has 0 spiro atoms. The van der Waals surface area contributed by atoms with Crippen LogP contribution in [0.5, 0.6) is 0 Å². The van der Waals surface area contributed by atoms with E-state index in [4.69, 9.17) is 0 Å². The third kappa shape index (κ3) is 4.61. The first-order valence-electron chi connectivity index (χ1n) is 9.60. The van der Waals surface area contributed by atoms with E-state index in [1.165, 1.54) is 0 Å². The largest absolute Gasteiger partial charge is 0.325 e. The van der Waals surface area contributed by atoms with Crippen molar-refractivity contribution in [2.75, 3.05) is 11.1 Å². The fourth-order valence-corrected chi connectivity index (χ4v) is 4.13. The second-order valence-electron chi connectivity index (χ2n) is 7.49. The van der Waals surface area contributed by atoms with Gasteiger partial charge in [0.1, 0.15) is 0 Å². The van der Waals surface area contributed by atoms with E-state index >= 15 is 0 Å². The maximum atomic E-state index is 13.6. The highest BCUT2D eigenvalue weighted by Crippen LogP contribution is 2.33. The quantitative estimate of drug-likeness (QED) is 0.452. The minimum Gasteiger partial charge on any atom is -0.325 e. The van der Waals surface area contributed by atoms with Gasteiger partial charge in [0.25, 0.3) is 0 Å². The minimum atomic E-state index is -2.72. The number of halogens is 2. The molecular formula is C22H25F2N3OS. The molecule has 1 N–H and O–H groups in total. The fraction of sp³-hybridized carbons (Fsp3) is 0.364. The number of nitrogens with one attached hydrogen (secondary N) is 1. The van der Waals surface area contributed by atoms with Crippen LogP contribution in [-0.2, 0) is 4.79 Å². The van der Waals surface area contributed by atoms with Crippen molar-refractivity contribution in [3.05, 3.63) is 53.6 Å². The van der Waals surface area contributed by atoms with E-state index in [1.54, 1.807) is 24.3 Å². The average molecular weight is 418 g/mol. The van der Waals surface area contributed by atoms with Crippen LogP contribution in [0.4, 0.5) is 14.5 Å². The summed E-state index contributed by atoms with van der Waals surface area (Å²) in [5.74, 6) is 0.261. The van der Waals surface area contributed by atoms with Crippen molar-refractivity contribution in [3.8, 4) is 0 Å². The van der Waals surface area contributed by atoms with Gasteiger partial charge in [0.05, 0.1) is 16.8 Å². The van der Waals surface area contributed by atoms with Crippen LogP contribution in [0.2, 0.25) is 0 Å². The first-order valence-corrected chi connectivity index (χ1v) is 10.6. The first kappa shape index (κ1) is 21.3. The van der Waals surface area contributed by atoms with Crippen molar-refractivity contribution in [1.82, 2.24) is 9.55 Å². The highest BCUT2D eigenvalue weighted by molar-refractivity contribution is 7.99. The number of hydrogen-bond acceptors (Lipinski definition) is 3. The number of rotatable bonds is 7. The van der Waals surface area contributed by atoms with Crippen molar-refractivity contribution < 1.29 is 13.6 Å². The van der Waals surface area contributed by atoms with E-state index in [-0.39, 0.29) is 28.7 Å². The summed E-state index contributed by atoms with van der Waals surface area (Å²) in [4.78, 5) is 16.9. The number of alkyl halides is 2. The second-order valence-corrected chi connectivity index (χ2v) is 8.43. The first-order chi connectivity index (χ1) is 13.8. The summed E-state index contributed by atoms with van der Waals surface area (Å²) in [7, 11) is 0. The number of imidazole rings is 1. The van der Waals surface area contributed by atoms with Crippen molar-refractivity contribution in [2.24, 2.45) is 0 Å². The molecule has 0 atom stereocenters. The van der Waals surface area contributed by atoms with Gasteiger partial charge in [-0.25, -0.2) is 4.98 Å². The molecule has 3 aromatic rings. The van der Waals surface area contributed by atoms with Gasteiger partial charge in [0.15, 0.2) is 5.16 Å². The molecule has 0 fully saturated rings. The maximum absolute atomic E-state index is 13.6. The number of carbonyl (C=O) groups is 1. The lowest BCUT2D eigenvalue weighted by Gasteiger charge is -2.20. The summed E-state index contributed by atoms with van der Waals surface area (Å²) >= 11 is 1.02. The zero-order valence-corrected chi connectivity index (χ0v) is 17.8. The molecule has 7 heteroatoms. The molecule has 0 aliphatic rings. The number of thioether (sulfide) groups is 1. The summed E-state index contributed by atoms with van der Waals surface area (Å²) in [5, 5.41) is 3.15. The van der Waals surface area contributed by atoms with Crippen LogP contribution >= 0.6 is 11.8 Å². The normalized spacial score (nSPS) is 11.8. The number of amides is 1. The molecule has 1 amide bonds. The van der Waals surface area contributed by atoms with E-state index in [0.29, 0.717) is 11.0 Å². The molecule has 0 aliphatic heterocycles. The van der Waals surface area contributed by atoms with Crippen molar-refractivity contribution >= 4 is 34.4 Å². The molecule has 0 saturated heterocycles. The van der Waals surface area contributed by atoms with E-state index in [0.717, 1.165) is 33.1 Å². The number of anilines is 1. The van der Waals surface area contributed by atoms with Crippen LogP contribution in [0.3, 0.4) is 0 Å². The lowest BCUT2D eigenvalue weighted by molar-refractivity contribution is -0.113. The average Bonchev–Trinajstić information content (AvgIpc) is 3.04. The number of fused-ring (bicyclic) bond motifs is 1. The van der Waals surface area contributed by atoms with E-state index in [1.807, 2.05) is 18.2 Å². The lowest BCUT2D eigenvalue weighted by Crippen LogP contribution is -2.18. The van der Waals surface area contributed by atoms with Gasteiger partial charge in [-0.1, -0.05) is 69.8 Å². The zero-order chi connectivity index (χ0) is 21.1. The Kier molecular flexibility index (Phi) is 6.57. The van der Waals surface area contributed by atoms with Crippen LogP contribution in [-0.4, -0.2) is 21.2 Å². The molecule has 1 aromatic heterocycles. The highest BCUT2D eigenvalue weighted by Gasteiger charge is 2.20. The van der Waals surface area contributed by atoms with E-state index in [9.17, 15) is 13.6 Å². The molecule has 1 heterocycles. The van der Waals surface area contributed by atoms with E-state index in [2.05, 4.69) is 38.0 Å². The number of aromatic nitrogens is 2. The Balaban J connectivity index is 1.81. The standard InChI is InChI=1S/C22H25F2N3OS/c1-13(2)15-8-7-9-16(14(3)4)20(15)26-19(28)12-29-22-25-17-10-5-6-11-18(17)27(22)21(23)24/h5-11,13-14,21H,12H2,1-4H3,(H,26,28). The van der Waals surface area contributed by atoms with Gasteiger partial charge in [-0.05, 0) is 35.1 Å². The topological polar surface area (TPSA) is 46.9 Å². The molecule has 3 rings (SSSR count). The Hall–Kier alpha value is -2.41. The third-order valence-corrected chi connectivity index (χ3v) is 5.68. The summed E-state index contributed by atoms with van der Waals surface area (Å²) < 4.78 is 28.0. The smallest absolute Gasteiger partial charge is 0.321 e. The summed E-state index contributed by atoms with van der Waals surface area (Å²) in [6, 6.07) is 12.8. The van der Waals surface area contributed by atoms with Gasteiger partial charge in [-0.15, -0.1) is 0 Å². The van der Waals surface area contributed by atoms with Crippen LogP contribution < -0.4 is 5.32 Å². The molecular weight excluding hydrogens is 392 g/mol. The number of hydrogen-bond donors (Lipinski definition) is 1. The molecule has 154 valence electrons. The molecule has 4 nitrogen and oxygen atoms in total. The van der Waals surface area contributed by atoms with Crippen LogP contribution in [0.1, 0.15) is 57.2 Å². The third-order valence-electron chi connectivity index (χ3n) is 4.73. The van der Waals surface area contributed by atoms with Gasteiger partial charge in [-0.3, -0.25) is 9.36 Å². The minimum absolute atomic E-state index is 0.00000661. The maximum Gasteiger partial charge on any atom is 0.321 e. The van der Waals surface area contributed by atoms with E-state index < -0.39 is 6.55 Å². The number of nitrogens with zero attached hydrogens (tertiary/aromatic N) is 2. The number of carbonyl (C=O) groups excluding carboxylic acids is 1. The molecule has 0 saturated carbocycles. The molecule has 29 heavy (non-hydrogen) atoms. The van der Waals surface area contributed by atoms with Gasteiger partial charge < -0.3 is 5.32 Å². The molecule has 0 radical (unpaired) electrons. The van der Waals surface area contributed by atoms with Crippen LogP contribution in [0.25, 0.3) is 11.0 Å². The van der Waals surface area contributed by atoms with Crippen LogP contribution in [0.15, 0.2) is 47.6 Å². The highest BCUT2D eigenvalue weighted by atomic mass is 32.2. The summed E-state index contributed by atoms with van der Waals surface area (Å²) in [5.41, 5.74) is 3.80. The lowest BCUT2D eigenvalue weighted by atomic mass is 9.92. The Morgan fingerprint density at radius 2 is 1.66 bits per heavy atom. The molecule has 0 bridgehead atoms. The predicted molar refractivity (Wildman–Crippen MR) is 115 cm³/mol. The molecule has 2 aromatic carbocycles. The monoisotopic (exact) mass is 417 g/mol.